The molecule has 0 aliphatic heterocycles. The summed E-state index contributed by atoms with van der Waals surface area (Å²) >= 11 is 0. The van der Waals surface area contributed by atoms with Gasteiger partial charge in [-0.25, -0.2) is 0 Å². The van der Waals surface area contributed by atoms with Crippen LogP contribution in [-0.4, -0.2) is 37.2 Å². The van der Waals surface area contributed by atoms with Gasteiger partial charge in [-0.05, 0) is 83.5 Å². The van der Waals surface area contributed by atoms with E-state index in [1.807, 2.05) is 6.08 Å². The molecular weight excluding hydrogens is 829 g/mol. The van der Waals surface area contributed by atoms with Crippen LogP contribution in [-0.2, 0) is 28.6 Å². The lowest BCUT2D eigenvalue weighted by Crippen LogP contribution is -2.30. The first-order valence-corrected chi connectivity index (χ1v) is 28.4. The highest BCUT2D eigenvalue weighted by Crippen LogP contribution is 2.15. The second-order valence-electron chi connectivity index (χ2n) is 18.8. The molecule has 0 rings (SSSR count). The van der Waals surface area contributed by atoms with Crippen molar-refractivity contribution >= 4 is 17.9 Å². The average Bonchev–Trinajstić information content (AvgIpc) is 3.33. The third-order valence-electron chi connectivity index (χ3n) is 12.2. The Hall–Kier alpha value is -3.15. The minimum atomic E-state index is -0.806. The first-order valence-electron chi connectivity index (χ1n) is 28.4. The highest BCUT2D eigenvalue weighted by Gasteiger charge is 2.19. The van der Waals surface area contributed by atoms with Gasteiger partial charge in [0.25, 0.3) is 0 Å². The van der Waals surface area contributed by atoms with E-state index in [1.54, 1.807) is 0 Å². The van der Waals surface area contributed by atoms with Crippen molar-refractivity contribution in [2.45, 2.75) is 284 Å². The molecule has 0 aromatic carbocycles. The molecule has 0 N–H and O–H groups in total. The zero-order chi connectivity index (χ0) is 48.6. The fourth-order valence-corrected chi connectivity index (χ4v) is 7.89. The quantitative estimate of drug-likeness (QED) is 0.0262. The number of esters is 3. The number of ether oxygens (including phenoxy) is 3. The number of rotatable bonds is 51. The maximum Gasteiger partial charge on any atom is 0.306 e. The third kappa shape index (κ3) is 53.7. The molecule has 0 aromatic rings. The average molecular weight is 936 g/mol. The molecule has 0 bridgehead atoms. The van der Waals surface area contributed by atoms with Crippen LogP contribution in [0.5, 0.6) is 0 Å². The summed E-state index contributed by atoms with van der Waals surface area (Å²) < 4.78 is 16.8. The molecule has 0 radical (unpaired) electrons. The van der Waals surface area contributed by atoms with Crippen LogP contribution in [0.3, 0.4) is 0 Å². The Bertz CT molecular complexity index is 1260. The third-order valence-corrected chi connectivity index (χ3v) is 12.2. The monoisotopic (exact) mass is 935 g/mol. The van der Waals surface area contributed by atoms with Crippen molar-refractivity contribution < 1.29 is 28.6 Å². The molecule has 67 heavy (non-hydrogen) atoms. The molecule has 0 unspecified atom stereocenters. The number of hydrogen-bond acceptors (Lipinski definition) is 6. The summed E-state index contributed by atoms with van der Waals surface area (Å²) in [6.07, 6.45) is 70.4. The normalized spacial score (nSPS) is 12.6. The maximum atomic E-state index is 12.8. The van der Waals surface area contributed by atoms with Crippen molar-refractivity contribution in [3.05, 3.63) is 72.9 Å². The molecule has 386 valence electrons. The van der Waals surface area contributed by atoms with Crippen LogP contribution in [0.25, 0.3) is 0 Å². The predicted molar refractivity (Wildman–Crippen MR) is 288 cm³/mol. The Morgan fingerprint density at radius 2 is 0.567 bits per heavy atom. The van der Waals surface area contributed by atoms with E-state index in [-0.39, 0.29) is 37.5 Å². The Labute approximate surface area is 414 Å². The molecule has 0 aromatic heterocycles. The summed E-state index contributed by atoms with van der Waals surface area (Å²) in [7, 11) is 0. The molecule has 0 aliphatic rings. The number of carbonyl (C=O) groups excluding carboxylic acids is 3. The number of carbonyl (C=O) groups is 3. The summed E-state index contributed by atoms with van der Waals surface area (Å²) in [5.41, 5.74) is 0. The highest BCUT2D eigenvalue weighted by atomic mass is 16.6. The molecule has 0 spiro atoms. The van der Waals surface area contributed by atoms with Crippen LogP contribution in [0.1, 0.15) is 278 Å². The lowest BCUT2D eigenvalue weighted by Gasteiger charge is -2.18. The summed E-state index contributed by atoms with van der Waals surface area (Å²) in [6, 6.07) is 0. The van der Waals surface area contributed by atoms with Gasteiger partial charge in [-0.3, -0.25) is 14.4 Å². The molecule has 6 heteroatoms. The van der Waals surface area contributed by atoms with E-state index in [1.165, 1.54) is 167 Å². The van der Waals surface area contributed by atoms with Crippen molar-refractivity contribution in [3.8, 4) is 0 Å². The number of unbranched alkanes of at least 4 members (excludes halogenated alkanes) is 28. The predicted octanol–water partition coefficient (Wildman–Crippen LogP) is 19.0. The zero-order valence-corrected chi connectivity index (χ0v) is 44.2. The molecule has 0 saturated carbocycles. The van der Waals surface area contributed by atoms with Gasteiger partial charge in [0.05, 0.1) is 0 Å². The van der Waals surface area contributed by atoms with Gasteiger partial charge < -0.3 is 14.2 Å². The van der Waals surface area contributed by atoms with Gasteiger partial charge in [0.2, 0.25) is 0 Å². The molecule has 0 amide bonds. The standard InChI is InChI=1S/C61H106O6/c1-4-7-10-13-16-19-22-25-28-29-30-31-34-36-39-42-45-48-51-54-60(63)66-57-58(67-61(64)55-52-49-46-43-40-37-33-27-24-21-18-15-12-9-6-3)56-65-59(62)53-50-47-44-41-38-35-32-26-23-20-17-14-11-8-5-2/h16,19,21,24-25,28,30-31,36,39,45,48,58H,4-15,17-18,20,22-23,26-27,29,32-35,37-38,40-44,46-47,49-57H2,1-3H3/b19-16-,24-21-,28-25-,31-30-,39-36-,48-45-/t58-/m0/s1. The second kappa shape index (κ2) is 55.4. The Morgan fingerprint density at radius 1 is 0.299 bits per heavy atom. The second-order valence-corrected chi connectivity index (χ2v) is 18.8. The lowest BCUT2D eigenvalue weighted by atomic mass is 10.0. The molecule has 1 atom stereocenters. The SMILES string of the molecule is CCCCC/C=C\C/C=C\C/C=C\C/C=C\C/C=C\CCC(=O)OC[C@H](COC(=O)CCCCCCCCCCCCCCCCC)OC(=O)CCCCCCCCC/C=C\CCCCCC. The zero-order valence-electron chi connectivity index (χ0n) is 44.2. The van der Waals surface area contributed by atoms with Crippen molar-refractivity contribution in [2.75, 3.05) is 13.2 Å². The van der Waals surface area contributed by atoms with Crippen molar-refractivity contribution in [3.63, 3.8) is 0 Å². The number of allylic oxidation sites excluding steroid dienone is 12. The van der Waals surface area contributed by atoms with Crippen LogP contribution in [0, 0.1) is 0 Å². The number of hydrogen-bond donors (Lipinski definition) is 0. The van der Waals surface area contributed by atoms with Gasteiger partial charge in [-0.1, -0.05) is 248 Å². The first-order chi connectivity index (χ1) is 33.0. The summed E-state index contributed by atoms with van der Waals surface area (Å²) in [5, 5.41) is 0. The van der Waals surface area contributed by atoms with Crippen molar-refractivity contribution in [2.24, 2.45) is 0 Å². The first kappa shape index (κ1) is 63.8. The Balaban J connectivity index is 4.48. The van der Waals surface area contributed by atoms with Gasteiger partial charge in [-0.15, -0.1) is 0 Å². The molecule has 0 heterocycles. The smallest absolute Gasteiger partial charge is 0.306 e. The molecule has 0 aliphatic carbocycles. The Kier molecular flexibility index (Phi) is 52.8. The Morgan fingerprint density at radius 3 is 0.985 bits per heavy atom. The largest absolute Gasteiger partial charge is 0.462 e. The minimum absolute atomic E-state index is 0.0976. The van der Waals surface area contributed by atoms with Crippen LogP contribution in [0.4, 0.5) is 0 Å². The van der Waals surface area contributed by atoms with E-state index in [4.69, 9.17) is 14.2 Å². The van der Waals surface area contributed by atoms with E-state index in [0.717, 1.165) is 64.2 Å². The molecule has 0 saturated heterocycles. The van der Waals surface area contributed by atoms with Crippen LogP contribution in [0.15, 0.2) is 72.9 Å². The van der Waals surface area contributed by atoms with Crippen molar-refractivity contribution in [1.82, 2.24) is 0 Å². The van der Waals surface area contributed by atoms with Crippen LogP contribution < -0.4 is 0 Å². The van der Waals surface area contributed by atoms with E-state index < -0.39 is 6.10 Å². The van der Waals surface area contributed by atoms with Crippen LogP contribution in [0.2, 0.25) is 0 Å². The van der Waals surface area contributed by atoms with Gasteiger partial charge in [0.1, 0.15) is 13.2 Å². The summed E-state index contributed by atoms with van der Waals surface area (Å²) in [4.78, 5) is 38.1. The van der Waals surface area contributed by atoms with Gasteiger partial charge in [-0.2, -0.15) is 0 Å². The lowest BCUT2D eigenvalue weighted by molar-refractivity contribution is -0.166. The molecule has 0 fully saturated rings. The van der Waals surface area contributed by atoms with Gasteiger partial charge in [0, 0.05) is 19.3 Å². The highest BCUT2D eigenvalue weighted by molar-refractivity contribution is 5.71. The fourth-order valence-electron chi connectivity index (χ4n) is 7.89. The summed E-state index contributed by atoms with van der Waals surface area (Å²) in [5.74, 6) is -0.980. The van der Waals surface area contributed by atoms with Gasteiger partial charge >= 0.3 is 17.9 Å². The maximum absolute atomic E-state index is 12.8. The minimum Gasteiger partial charge on any atom is -0.462 e. The van der Waals surface area contributed by atoms with Crippen LogP contribution >= 0.6 is 0 Å². The van der Waals surface area contributed by atoms with E-state index in [0.29, 0.717) is 19.3 Å². The van der Waals surface area contributed by atoms with Crippen molar-refractivity contribution in [1.29, 1.82) is 0 Å². The van der Waals surface area contributed by atoms with E-state index >= 15 is 0 Å². The summed E-state index contributed by atoms with van der Waals surface area (Å²) in [6.45, 7) is 6.55. The topological polar surface area (TPSA) is 78.9 Å². The molecule has 6 nitrogen and oxygen atoms in total. The fraction of sp³-hybridized carbons (Fsp3) is 0.754. The molecular formula is C61H106O6. The van der Waals surface area contributed by atoms with E-state index in [2.05, 4.69) is 87.6 Å². The van der Waals surface area contributed by atoms with Gasteiger partial charge in [0.15, 0.2) is 6.10 Å². The van der Waals surface area contributed by atoms with E-state index in [9.17, 15) is 14.4 Å².